The van der Waals surface area contributed by atoms with Gasteiger partial charge in [0.25, 0.3) is 0 Å². The molecule has 0 radical (unpaired) electrons. The average Bonchev–Trinajstić information content (AvgIpc) is 2.97. The highest BCUT2D eigenvalue weighted by Crippen LogP contribution is 2.28. The second kappa shape index (κ2) is 8.17. The summed E-state index contributed by atoms with van der Waals surface area (Å²) < 4.78 is 10.1. The first-order chi connectivity index (χ1) is 10.7. The first-order valence-corrected chi connectivity index (χ1v) is 8.39. The van der Waals surface area contributed by atoms with Gasteiger partial charge in [0.2, 0.25) is 0 Å². The summed E-state index contributed by atoms with van der Waals surface area (Å²) >= 11 is 3.40. The van der Waals surface area contributed by atoms with E-state index in [1.807, 2.05) is 30.3 Å². The third kappa shape index (κ3) is 4.22. The molecule has 2 unspecified atom stereocenters. The second-order valence-corrected chi connectivity index (χ2v) is 6.10. The van der Waals surface area contributed by atoms with Gasteiger partial charge in [-0.25, -0.2) is 9.59 Å². The first kappa shape index (κ1) is 16.8. The molecule has 1 amide bonds. The van der Waals surface area contributed by atoms with Crippen molar-refractivity contribution in [2.75, 3.05) is 19.0 Å². The van der Waals surface area contributed by atoms with Crippen LogP contribution in [-0.2, 0) is 20.9 Å². The Hall–Kier alpha value is -1.56. The molecule has 0 N–H and O–H groups in total. The zero-order valence-corrected chi connectivity index (χ0v) is 14.1. The lowest BCUT2D eigenvalue weighted by atomic mass is 10.0. The van der Waals surface area contributed by atoms with Gasteiger partial charge in [0.15, 0.2) is 0 Å². The third-order valence-corrected chi connectivity index (χ3v) is 4.28. The summed E-state index contributed by atoms with van der Waals surface area (Å²) in [5.41, 5.74) is 0.918. The summed E-state index contributed by atoms with van der Waals surface area (Å²) in [6.45, 7) is 0.728. The fourth-order valence-corrected chi connectivity index (χ4v) is 3.30. The van der Waals surface area contributed by atoms with Gasteiger partial charge >= 0.3 is 12.1 Å². The van der Waals surface area contributed by atoms with Gasteiger partial charge in [-0.3, -0.25) is 4.90 Å². The Morgan fingerprint density at radius 1 is 1.32 bits per heavy atom. The Balaban J connectivity index is 1.97. The fourth-order valence-electron chi connectivity index (χ4n) is 2.65. The number of likely N-dealkylation sites (tertiary alicyclic amines) is 1. The zero-order chi connectivity index (χ0) is 15.9. The highest BCUT2D eigenvalue weighted by atomic mass is 79.9. The largest absolute Gasteiger partial charge is 0.467 e. The predicted octanol–water partition coefficient (Wildman–Crippen LogP) is 2.97. The number of carbonyl (C=O) groups excluding carboxylic acids is 2. The van der Waals surface area contributed by atoms with Crippen LogP contribution in [0.15, 0.2) is 30.3 Å². The Morgan fingerprint density at radius 2 is 2.05 bits per heavy atom. The normalized spacial score (nSPS) is 20.7. The number of methoxy groups -OCH3 is 1. The summed E-state index contributed by atoms with van der Waals surface area (Å²) in [6.07, 6.45) is 1.07. The molecule has 5 nitrogen and oxygen atoms in total. The Morgan fingerprint density at radius 3 is 2.68 bits per heavy atom. The van der Waals surface area contributed by atoms with Crippen molar-refractivity contribution in [3.63, 3.8) is 0 Å². The number of hydrogen-bond acceptors (Lipinski definition) is 4. The summed E-state index contributed by atoms with van der Waals surface area (Å²) in [5, 5.41) is 0.846. The quantitative estimate of drug-likeness (QED) is 0.591. The molecule has 22 heavy (non-hydrogen) atoms. The maximum Gasteiger partial charge on any atom is 0.410 e. The standard InChI is InChI=1S/C16H20BrNO4/c1-21-15(19)14-9-13(7-8-17)10-18(14)16(20)22-11-12-5-3-2-4-6-12/h2-6,13-14H,7-11H2,1H3. The van der Waals surface area contributed by atoms with Gasteiger partial charge in [-0.1, -0.05) is 46.3 Å². The molecule has 1 heterocycles. The summed E-state index contributed by atoms with van der Waals surface area (Å²) in [4.78, 5) is 25.6. The molecule has 120 valence electrons. The SMILES string of the molecule is COC(=O)C1CC(CCBr)CN1C(=O)OCc1ccccc1. The fraction of sp³-hybridized carbons (Fsp3) is 0.500. The van der Waals surface area contributed by atoms with Crippen LogP contribution in [0.3, 0.4) is 0 Å². The molecule has 0 aromatic heterocycles. The molecule has 1 aliphatic rings. The summed E-state index contributed by atoms with van der Waals surface area (Å²) in [6, 6.07) is 8.93. The van der Waals surface area contributed by atoms with E-state index in [-0.39, 0.29) is 18.5 Å². The number of esters is 1. The number of alkyl halides is 1. The Kier molecular flexibility index (Phi) is 6.24. The van der Waals surface area contributed by atoms with Crippen molar-refractivity contribution >= 4 is 28.0 Å². The van der Waals surface area contributed by atoms with Gasteiger partial charge < -0.3 is 9.47 Å². The number of halogens is 1. The number of hydrogen-bond donors (Lipinski definition) is 0. The van der Waals surface area contributed by atoms with Gasteiger partial charge in [0.05, 0.1) is 7.11 Å². The first-order valence-electron chi connectivity index (χ1n) is 7.26. The smallest absolute Gasteiger partial charge is 0.410 e. The van der Waals surface area contributed by atoms with E-state index < -0.39 is 12.1 Å². The molecule has 2 rings (SSSR count). The van der Waals surface area contributed by atoms with Crippen LogP contribution in [0.25, 0.3) is 0 Å². The van der Waals surface area contributed by atoms with Crippen LogP contribution >= 0.6 is 15.9 Å². The van der Waals surface area contributed by atoms with Crippen LogP contribution in [0, 0.1) is 5.92 Å². The number of carbonyl (C=O) groups is 2. The Bertz CT molecular complexity index is 508. The summed E-state index contributed by atoms with van der Waals surface area (Å²) in [5.74, 6) is -0.0958. The zero-order valence-electron chi connectivity index (χ0n) is 12.5. The minimum atomic E-state index is -0.544. The third-order valence-electron chi connectivity index (χ3n) is 3.82. The van der Waals surface area contributed by atoms with E-state index in [0.29, 0.717) is 13.0 Å². The van der Waals surface area contributed by atoms with Crippen LogP contribution in [0.4, 0.5) is 4.79 Å². The van der Waals surface area contributed by atoms with E-state index in [0.717, 1.165) is 17.3 Å². The lowest BCUT2D eigenvalue weighted by Gasteiger charge is -2.22. The molecule has 0 saturated carbocycles. The van der Waals surface area contributed by atoms with E-state index in [1.54, 1.807) is 0 Å². The average molecular weight is 370 g/mol. The van der Waals surface area contributed by atoms with Gasteiger partial charge in [0.1, 0.15) is 12.6 Å². The van der Waals surface area contributed by atoms with Crippen molar-refractivity contribution in [1.29, 1.82) is 0 Å². The van der Waals surface area contributed by atoms with E-state index in [4.69, 9.17) is 9.47 Å². The molecule has 1 saturated heterocycles. The Labute approximate surface area is 138 Å². The topological polar surface area (TPSA) is 55.8 Å². The number of benzene rings is 1. The highest BCUT2D eigenvalue weighted by Gasteiger charge is 2.40. The minimum Gasteiger partial charge on any atom is -0.467 e. The van der Waals surface area contributed by atoms with Gasteiger partial charge in [-0.2, -0.15) is 0 Å². The lowest BCUT2D eigenvalue weighted by molar-refractivity contribution is -0.145. The van der Waals surface area contributed by atoms with E-state index in [1.165, 1.54) is 12.0 Å². The van der Waals surface area contributed by atoms with E-state index >= 15 is 0 Å². The molecule has 0 bridgehead atoms. The molecule has 1 fully saturated rings. The minimum absolute atomic E-state index is 0.202. The lowest BCUT2D eigenvalue weighted by Crippen LogP contribution is -2.41. The van der Waals surface area contributed by atoms with Crippen LogP contribution in [0.2, 0.25) is 0 Å². The van der Waals surface area contributed by atoms with E-state index in [9.17, 15) is 9.59 Å². The van der Waals surface area contributed by atoms with Gasteiger partial charge in [0, 0.05) is 11.9 Å². The van der Waals surface area contributed by atoms with Crippen molar-refractivity contribution in [3.05, 3.63) is 35.9 Å². The van der Waals surface area contributed by atoms with Crippen LogP contribution in [-0.4, -0.2) is 42.0 Å². The number of amides is 1. The molecule has 1 aliphatic heterocycles. The maximum absolute atomic E-state index is 12.3. The van der Waals surface area contributed by atoms with Crippen molar-refractivity contribution in [2.45, 2.75) is 25.5 Å². The van der Waals surface area contributed by atoms with Crippen LogP contribution in [0.5, 0.6) is 0 Å². The van der Waals surface area contributed by atoms with Crippen molar-refractivity contribution in [1.82, 2.24) is 4.90 Å². The maximum atomic E-state index is 12.3. The molecule has 0 aliphatic carbocycles. The molecule has 0 spiro atoms. The van der Waals surface area contributed by atoms with Gasteiger partial charge in [-0.15, -0.1) is 0 Å². The molecule has 1 aromatic rings. The monoisotopic (exact) mass is 369 g/mol. The molecule has 6 heteroatoms. The van der Waals surface area contributed by atoms with E-state index in [2.05, 4.69) is 15.9 Å². The molecular formula is C16H20BrNO4. The van der Waals surface area contributed by atoms with Crippen molar-refractivity contribution in [2.24, 2.45) is 5.92 Å². The predicted molar refractivity (Wildman–Crippen MR) is 85.7 cm³/mol. The van der Waals surface area contributed by atoms with Crippen molar-refractivity contribution in [3.8, 4) is 0 Å². The number of ether oxygens (including phenoxy) is 2. The molecular weight excluding hydrogens is 350 g/mol. The number of nitrogens with zero attached hydrogens (tertiary/aromatic N) is 1. The summed E-state index contributed by atoms with van der Waals surface area (Å²) in [7, 11) is 1.34. The highest BCUT2D eigenvalue weighted by molar-refractivity contribution is 9.09. The van der Waals surface area contributed by atoms with Crippen LogP contribution < -0.4 is 0 Å². The molecule has 2 atom stereocenters. The number of rotatable bonds is 5. The van der Waals surface area contributed by atoms with Crippen LogP contribution in [0.1, 0.15) is 18.4 Å². The van der Waals surface area contributed by atoms with Gasteiger partial charge in [-0.05, 0) is 24.3 Å². The molecule has 1 aromatic carbocycles. The van der Waals surface area contributed by atoms with Crippen molar-refractivity contribution < 1.29 is 19.1 Å². The second-order valence-electron chi connectivity index (χ2n) is 5.31.